The maximum atomic E-state index is 5.71. The first-order valence-electron chi connectivity index (χ1n) is 6.55. The molecule has 94 valence electrons. The van der Waals surface area contributed by atoms with E-state index >= 15 is 0 Å². The van der Waals surface area contributed by atoms with Crippen LogP contribution in [0.25, 0.3) is 0 Å². The molecule has 2 heterocycles. The number of hydrogen-bond donors (Lipinski definition) is 1. The van der Waals surface area contributed by atoms with Gasteiger partial charge in [0.05, 0.1) is 6.54 Å². The molecule has 17 heavy (non-hydrogen) atoms. The molecule has 0 spiro atoms. The van der Waals surface area contributed by atoms with E-state index < -0.39 is 0 Å². The number of nitrogens with zero attached hydrogens (tertiary/aromatic N) is 3. The van der Waals surface area contributed by atoms with Crippen LogP contribution in [-0.2, 0) is 6.54 Å². The molecule has 2 unspecified atom stereocenters. The Morgan fingerprint density at radius 1 is 1.41 bits per heavy atom. The van der Waals surface area contributed by atoms with Crippen LogP contribution in [0.1, 0.15) is 39.0 Å². The summed E-state index contributed by atoms with van der Waals surface area (Å²) in [5.41, 5.74) is 0. The van der Waals surface area contributed by atoms with Gasteiger partial charge in [-0.2, -0.15) is 0 Å². The van der Waals surface area contributed by atoms with E-state index in [1.807, 2.05) is 0 Å². The lowest BCUT2D eigenvalue weighted by Gasteiger charge is -2.24. The quantitative estimate of drug-likeness (QED) is 0.859. The first-order valence-corrected chi connectivity index (χ1v) is 6.55. The number of nitrogens with one attached hydrogen (secondary N) is 1. The summed E-state index contributed by atoms with van der Waals surface area (Å²) < 4.78 is 5.71. The van der Waals surface area contributed by atoms with E-state index in [2.05, 4.69) is 34.3 Å². The molecular weight excluding hydrogens is 216 g/mol. The van der Waals surface area contributed by atoms with Gasteiger partial charge in [-0.3, -0.25) is 0 Å². The average Bonchev–Trinajstić information content (AvgIpc) is 3.01. The second-order valence-corrected chi connectivity index (χ2v) is 5.50. The van der Waals surface area contributed by atoms with Crippen LogP contribution in [0.2, 0.25) is 0 Å². The monoisotopic (exact) mass is 236 g/mol. The van der Waals surface area contributed by atoms with Crippen LogP contribution < -0.4 is 10.2 Å². The number of hydrogen-bond acceptors (Lipinski definition) is 5. The molecule has 0 radical (unpaired) electrons. The number of anilines is 1. The van der Waals surface area contributed by atoms with E-state index in [0.29, 0.717) is 24.5 Å². The summed E-state index contributed by atoms with van der Waals surface area (Å²) >= 11 is 0. The van der Waals surface area contributed by atoms with E-state index in [4.69, 9.17) is 4.42 Å². The van der Waals surface area contributed by atoms with Gasteiger partial charge in [0.2, 0.25) is 5.89 Å². The van der Waals surface area contributed by atoms with Crippen molar-refractivity contribution in [1.82, 2.24) is 15.5 Å². The van der Waals surface area contributed by atoms with Crippen molar-refractivity contribution in [3.8, 4) is 0 Å². The smallest absolute Gasteiger partial charge is 0.318 e. The normalized spacial score (nSPS) is 27.4. The lowest BCUT2D eigenvalue weighted by Crippen LogP contribution is -2.32. The largest absolute Gasteiger partial charge is 0.407 e. The van der Waals surface area contributed by atoms with Crippen LogP contribution in [0.3, 0.4) is 0 Å². The van der Waals surface area contributed by atoms with E-state index in [9.17, 15) is 0 Å². The highest BCUT2D eigenvalue weighted by molar-refractivity contribution is 5.31. The molecule has 5 nitrogen and oxygen atoms in total. The fourth-order valence-electron chi connectivity index (χ4n) is 2.88. The third-order valence-corrected chi connectivity index (χ3v) is 3.77. The van der Waals surface area contributed by atoms with Gasteiger partial charge in [-0.05, 0) is 25.2 Å². The highest BCUT2D eigenvalue weighted by atomic mass is 16.4. The van der Waals surface area contributed by atoms with Gasteiger partial charge in [-0.1, -0.05) is 18.9 Å². The van der Waals surface area contributed by atoms with Crippen molar-refractivity contribution in [2.24, 2.45) is 5.92 Å². The summed E-state index contributed by atoms with van der Waals surface area (Å²) in [5, 5.41) is 11.5. The van der Waals surface area contributed by atoms with Crippen molar-refractivity contribution in [3.63, 3.8) is 0 Å². The third kappa shape index (κ3) is 2.16. The Hall–Kier alpha value is -1.10. The predicted molar refractivity (Wildman–Crippen MR) is 64.7 cm³/mol. The summed E-state index contributed by atoms with van der Waals surface area (Å²) in [6.07, 6.45) is 3.96. The topological polar surface area (TPSA) is 54.2 Å². The van der Waals surface area contributed by atoms with Crippen LogP contribution in [-0.4, -0.2) is 28.8 Å². The Morgan fingerprint density at radius 3 is 2.94 bits per heavy atom. The maximum absolute atomic E-state index is 5.71. The van der Waals surface area contributed by atoms with Gasteiger partial charge in [-0.15, -0.1) is 5.10 Å². The number of piperidine rings is 1. The first kappa shape index (κ1) is 11.0. The van der Waals surface area contributed by atoms with Crippen molar-refractivity contribution in [3.05, 3.63) is 5.89 Å². The van der Waals surface area contributed by atoms with Gasteiger partial charge in [0, 0.05) is 18.6 Å². The number of fused-ring (bicyclic) bond motifs is 2. The summed E-state index contributed by atoms with van der Waals surface area (Å²) in [5.74, 6) is 1.54. The summed E-state index contributed by atoms with van der Waals surface area (Å²) in [4.78, 5) is 2.29. The molecule has 2 aliphatic rings. The molecule has 2 fully saturated rings. The van der Waals surface area contributed by atoms with Crippen molar-refractivity contribution in [2.75, 3.05) is 11.4 Å². The average molecular weight is 236 g/mol. The Balaban J connectivity index is 1.64. The van der Waals surface area contributed by atoms with Crippen LogP contribution in [0.5, 0.6) is 0 Å². The molecule has 1 aliphatic carbocycles. The van der Waals surface area contributed by atoms with Crippen LogP contribution >= 0.6 is 0 Å². The molecule has 0 amide bonds. The van der Waals surface area contributed by atoms with E-state index in [1.54, 1.807) is 0 Å². The summed E-state index contributed by atoms with van der Waals surface area (Å²) in [7, 11) is 0. The Morgan fingerprint density at radius 2 is 2.29 bits per heavy atom. The molecule has 1 aromatic heterocycles. The lowest BCUT2D eigenvalue weighted by atomic mass is 10.1. The first-order chi connectivity index (χ1) is 8.22. The lowest BCUT2D eigenvalue weighted by molar-refractivity contribution is 0.432. The van der Waals surface area contributed by atoms with Crippen molar-refractivity contribution in [1.29, 1.82) is 0 Å². The maximum Gasteiger partial charge on any atom is 0.318 e. The van der Waals surface area contributed by atoms with Gasteiger partial charge in [-0.25, -0.2) is 0 Å². The number of rotatable bonds is 4. The molecule has 2 atom stereocenters. The van der Waals surface area contributed by atoms with Crippen LogP contribution in [0, 0.1) is 5.92 Å². The van der Waals surface area contributed by atoms with Gasteiger partial charge in [0.1, 0.15) is 0 Å². The highest BCUT2D eigenvalue weighted by Gasteiger charge is 2.40. The minimum atomic E-state index is 0.438. The fraction of sp³-hybridized carbons (Fsp3) is 0.833. The standard InChI is InChI=1S/C12H20N4O/c1-8(2)13-6-11-14-15-12(17-11)16-7-9-3-4-10(16)5-9/h8-10,13H,3-7H2,1-2H3. The molecular formula is C12H20N4O. The van der Waals surface area contributed by atoms with Gasteiger partial charge in [0.15, 0.2) is 0 Å². The molecule has 1 aliphatic heterocycles. The molecule has 5 heteroatoms. The molecule has 3 rings (SSSR count). The molecule has 1 saturated carbocycles. The minimum absolute atomic E-state index is 0.438. The summed E-state index contributed by atoms with van der Waals surface area (Å²) in [6.45, 7) is 5.98. The van der Waals surface area contributed by atoms with Gasteiger partial charge < -0.3 is 14.6 Å². The van der Waals surface area contributed by atoms with Gasteiger partial charge in [0.25, 0.3) is 0 Å². The third-order valence-electron chi connectivity index (χ3n) is 3.77. The van der Waals surface area contributed by atoms with E-state index in [0.717, 1.165) is 18.5 Å². The van der Waals surface area contributed by atoms with Crippen LogP contribution in [0.15, 0.2) is 4.42 Å². The molecule has 2 bridgehead atoms. The Labute approximate surface area is 102 Å². The zero-order valence-electron chi connectivity index (χ0n) is 10.5. The Kier molecular flexibility index (Phi) is 2.78. The van der Waals surface area contributed by atoms with E-state index in [1.165, 1.54) is 19.3 Å². The van der Waals surface area contributed by atoms with Gasteiger partial charge >= 0.3 is 6.01 Å². The fourth-order valence-corrected chi connectivity index (χ4v) is 2.88. The summed E-state index contributed by atoms with van der Waals surface area (Å²) in [6, 6.07) is 1.80. The zero-order valence-corrected chi connectivity index (χ0v) is 10.5. The second-order valence-electron chi connectivity index (χ2n) is 5.50. The Bertz CT molecular complexity index is 390. The SMILES string of the molecule is CC(C)NCc1nnc(N2CC3CCC2C3)o1. The zero-order chi connectivity index (χ0) is 11.8. The van der Waals surface area contributed by atoms with E-state index in [-0.39, 0.29) is 0 Å². The number of aromatic nitrogens is 2. The predicted octanol–water partition coefficient (Wildman–Crippen LogP) is 1.56. The van der Waals surface area contributed by atoms with Crippen LogP contribution in [0.4, 0.5) is 6.01 Å². The molecule has 0 aromatic carbocycles. The van der Waals surface area contributed by atoms with Crippen molar-refractivity contribution < 1.29 is 4.42 Å². The molecule has 1 aromatic rings. The minimum Gasteiger partial charge on any atom is -0.407 e. The highest BCUT2D eigenvalue weighted by Crippen LogP contribution is 2.39. The molecule has 1 N–H and O–H groups in total. The van der Waals surface area contributed by atoms with Crippen molar-refractivity contribution in [2.45, 2.75) is 51.7 Å². The second kappa shape index (κ2) is 4.29. The molecule has 1 saturated heterocycles. The van der Waals surface area contributed by atoms with Crippen molar-refractivity contribution >= 4 is 6.01 Å².